The molecular formula is C22H13ClFN3O4. The topological polar surface area (TPSA) is 87.3 Å². The summed E-state index contributed by atoms with van der Waals surface area (Å²) in [5.41, 5.74) is 1.50. The van der Waals surface area contributed by atoms with Crippen LogP contribution in [0.25, 0.3) is 16.9 Å². The normalized spacial score (nSPS) is 10.6. The predicted octanol–water partition coefficient (Wildman–Crippen LogP) is 5.46. The summed E-state index contributed by atoms with van der Waals surface area (Å²) in [4.78, 5) is 23.0. The zero-order valence-electron chi connectivity index (χ0n) is 15.7. The minimum atomic E-state index is -0.817. The van der Waals surface area contributed by atoms with Crippen molar-refractivity contribution in [3.63, 3.8) is 0 Å². The second-order valence-electron chi connectivity index (χ2n) is 6.43. The molecule has 0 aliphatic carbocycles. The van der Waals surface area contributed by atoms with Gasteiger partial charge in [-0.05, 0) is 30.3 Å². The quantitative estimate of drug-likeness (QED) is 0.235. The molecule has 0 spiro atoms. The van der Waals surface area contributed by atoms with Gasteiger partial charge in [-0.1, -0.05) is 41.9 Å². The summed E-state index contributed by atoms with van der Waals surface area (Å²) in [6.07, 6.45) is 0. The molecule has 0 atom stereocenters. The summed E-state index contributed by atoms with van der Waals surface area (Å²) in [5, 5.41) is 15.2. The Bertz CT molecular complexity index is 1270. The molecule has 9 heteroatoms. The Morgan fingerprint density at radius 3 is 2.39 bits per heavy atom. The number of carbonyl (C=O) groups excluding carboxylic acids is 1. The molecule has 0 fully saturated rings. The molecule has 0 aliphatic rings. The van der Waals surface area contributed by atoms with Crippen molar-refractivity contribution < 1.29 is 18.8 Å². The van der Waals surface area contributed by atoms with Gasteiger partial charge in [0.05, 0.1) is 26.9 Å². The number of nitrogens with zero attached hydrogens (tertiary/aromatic N) is 3. The summed E-state index contributed by atoms with van der Waals surface area (Å²) < 4.78 is 20.2. The van der Waals surface area contributed by atoms with Crippen LogP contribution in [0.5, 0.6) is 5.88 Å². The number of nitro benzene ring substituents is 1. The predicted molar refractivity (Wildman–Crippen MR) is 112 cm³/mol. The molecule has 31 heavy (non-hydrogen) atoms. The molecule has 0 saturated heterocycles. The largest absolute Gasteiger partial charge is 0.404 e. The molecule has 154 valence electrons. The van der Waals surface area contributed by atoms with Crippen LogP contribution < -0.4 is 4.74 Å². The fourth-order valence-electron chi connectivity index (χ4n) is 2.89. The summed E-state index contributed by atoms with van der Waals surface area (Å²) >= 11 is 6.04. The molecule has 0 N–H and O–H groups in total. The SMILES string of the molecule is O=C(Oc1cc(-c2ccccc2)nn1-c1ccc(F)cc1)c1ccc([N+](=O)[O-])cc1Cl. The molecule has 0 saturated carbocycles. The van der Waals surface area contributed by atoms with E-state index < -0.39 is 16.7 Å². The van der Waals surface area contributed by atoms with Gasteiger partial charge in [0.2, 0.25) is 5.88 Å². The summed E-state index contributed by atoms with van der Waals surface area (Å²) in [6, 6.07) is 19.8. The van der Waals surface area contributed by atoms with Crippen molar-refractivity contribution in [2.45, 2.75) is 0 Å². The maximum atomic E-state index is 13.4. The van der Waals surface area contributed by atoms with Crippen LogP contribution in [0.4, 0.5) is 10.1 Å². The van der Waals surface area contributed by atoms with E-state index in [4.69, 9.17) is 16.3 Å². The third-order valence-electron chi connectivity index (χ3n) is 4.40. The van der Waals surface area contributed by atoms with Gasteiger partial charge in [0.25, 0.3) is 5.69 Å². The molecule has 0 amide bonds. The zero-order valence-corrected chi connectivity index (χ0v) is 16.5. The number of esters is 1. The van der Waals surface area contributed by atoms with Crippen LogP contribution in [0.3, 0.4) is 0 Å². The number of hydrogen-bond acceptors (Lipinski definition) is 5. The van der Waals surface area contributed by atoms with Crippen LogP contribution in [0.1, 0.15) is 10.4 Å². The number of non-ortho nitro benzene ring substituents is 1. The van der Waals surface area contributed by atoms with Crippen LogP contribution in [0.15, 0.2) is 78.9 Å². The third-order valence-corrected chi connectivity index (χ3v) is 4.71. The molecule has 7 nitrogen and oxygen atoms in total. The maximum absolute atomic E-state index is 13.4. The van der Waals surface area contributed by atoms with Gasteiger partial charge < -0.3 is 4.74 Å². The van der Waals surface area contributed by atoms with E-state index in [1.165, 1.54) is 35.0 Å². The minimum absolute atomic E-state index is 0.0413. The summed E-state index contributed by atoms with van der Waals surface area (Å²) in [5.74, 6) is -1.16. The van der Waals surface area contributed by atoms with Crippen LogP contribution >= 0.6 is 11.6 Å². The van der Waals surface area contributed by atoms with Gasteiger partial charge in [0, 0.05) is 23.8 Å². The van der Waals surface area contributed by atoms with E-state index in [0.717, 1.165) is 17.7 Å². The van der Waals surface area contributed by atoms with E-state index in [1.54, 1.807) is 6.07 Å². The fraction of sp³-hybridized carbons (Fsp3) is 0. The van der Waals surface area contributed by atoms with Crippen LogP contribution in [0, 0.1) is 15.9 Å². The van der Waals surface area contributed by atoms with E-state index >= 15 is 0 Å². The fourth-order valence-corrected chi connectivity index (χ4v) is 3.14. The maximum Gasteiger partial charge on any atom is 0.346 e. The Morgan fingerprint density at radius 2 is 1.74 bits per heavy atom. The number of hydrogen-bond donors (Lipinski definition) is 0. The van der Waals surface area contributed by atoms with E-state index in [-0.39, 0.29) is 22.2 Å². The van der Waals surface area contributed by atoms with Crippen molar-refractivity contribution in [3.8, 4) is 22.8 Å². The minimum Gasteiger partial charge on any atom is -0.404 e. The van der Waals surface area contributed by atoms with Crippen molar-refractivity contribution >= 4 is 23.3 Å². The smallest absolute Gasteiger partial charge is 0.346 e. The molecule has 1 heterocycles. The zero-order chi connectivity index (χ0) is 22.0. The van der Waals surface area contributed by atoms with Gasteiger partial charge >= 0.3 is 5.97 Å². The Labute approximate surface area is 180 Å². The summed E-state index contributed by atoms with van der Waals surface area (Å²) in [6.45, 7) is 0. The standard InChI is InChI=1S/C22H13ClFN3O4/c23-19-12-17(27(29)30)10-11-18(19)22(28)31-21-13-20(14-4-2-1-3-5-14)25-26(21)16-8-6-15(24)7-9-16/h1-13H. The van der Waals surface area contributed by atoms with Gasteiger partial charge in [-0.15, -0.1) is 0 Å². The monoisotopic (exact) mass is 437 g/mol. The highest BCUT2D eigenvalue weighted by Gasteiger charge is 2.20. The number of aromatic nitrogens is 2. The second-order valence-corrected chi connectivity index (χ2v) is 6.84. The Balaban J connectivity index is 1.73. The van der Waals surface area contributed by atoms with Crippen LogP contribution in [0.2, 0.25) is 5.02 Å². The molecule has 3 aromatic carbocycles. The van der Waals surface area contributed by atoms with Crippen LogP contribution in [-0.2, 0) is 0 Å². The first-order chi connectivity index (χ1) is 14.9. The van der Waals surface area contributed by atoms with Gasteiger partial charge in [-0.25, -0.2) is 13.9 Å². The number of carbonyl (C=O) groups is 1. The first-order valence-corrected chi connectivity index (χ1v) is 9.38. The Morgan fingerprint density at radius 1 is 1.03 bits per heavy atom. The van der Waals surface area contributed by atoms with Crippen molar-refractivity contribution in [3.05, 3.63) is 105 Å². The van der Waals surface area contributed by atoms with Gasteiger partial charge in [-0.2, -0.15) is 5.10 Å². The van der Waals surface area contributed by atoms with E-state index in [9.17, 15) is 19.3 Å². The molecule has 1 aromatic heterocycles. The van der Waals surface area contributed by atoms with Crippen molar-refractivity contribution in [1.82, 2.24) is 9.78 Å². The lowest BCUT2D eigenvalue weighted by Crippen LogP contribution is -2.12. The van der Waals surface area contributed by atoms with E-state index in [2.05, 4.69) is 5.10 Å². The van der Waals surface area contributed by atoms with Crippen molar-refractivity contribution in [2.24, 2.45) is 0 Å². The first kappa shape index (κ1) is 20.2. The first-order valence-electron chi connectivity index (χ1n) is 9.00. The van der Waals surface area contributed by atoms with Gasteiger partial charge in [0.15, 0.2) is 0 Å². The van der Waals surface area contributed by atoms with E-state index in [1.807, 2.05) is 30.3 Å². The molecular weight excluding hydrogens is 425 g/mol. The highest BCUT2D eigenvalue weighted by Crippen LogP contribution is 2.29. The molecule has 0 unspecified atom stereocenters. The molecule has 4 aromatic rings. The lowest BCUT2D eigenvalue weighted by Gasteiger charge is -2.08. The van der Waals surface area contributed by atoms with Gasteiger partial charge in [0.1, 0.15) is 5.82 Å². The van der Waals surface area contributed by atoms with Crippen LogP contribution in [-0.4, -0.2) is 20.7 Å². The average molecular weight is 438 g/mol. The number of nitro groups is 1. The van der Waals surface area contributed by atoms with Crippen molar-refractivity contribution in [1.29, 1.82) is 0 Å². The summed E-state index contributed by atoms with van der Waals surface area (Å²) in [7, 11) is 0. The average Bonchev–Trinajstić information content (AvgIpc) is 3.18. The van der Waals surface area contributed by atoms with Crippen molar-refractivity contribution in [2.75, 3.05) is 0 Å². The molecule has 0 radical (unpaired) electrons. The molecule has 0 bridgehead atoms. The second kappa shape index (κ2) is 8.37. The lowest BCUT2D eigenvalue weighted by atomic mass is 10.2. The number of ether oxygens (including phenoxy) is 1. The molecule has 4 rings (SSSR count). The number of rotatable bonds is 5. The van der Waals surface area contributed by atoms with Gasteiger partial charge in [-0.3, -0.25) is 10.1 Å². The lowest BCUT2D eigenvalue weighted by molar-refractivity contribution is -0.384. The highest BCUT2D eigenvalue weighted by molar-refractivity contribution is 6.33. The number of benzene rings is 3. The Hall–Kier alpha value is -4.04. The molecule has 0 aliphatic heterocycles. The third kappa shape index (κ3) is 4.29. The highest BCUT2D eigenvalue weighted by atomic mass is 35.5. The number of halogens is 2. The van der Waals surface area contributed by atoms with E-state index in [0.29, 0.717) is 11.4 Å². The Kier molecular flexibility index (Phi) is 5.46.